The summed E-state index contributed by atoms with van der Waals surface area (Å²) in [4.78, 5) is 11.6. The molecule has 18 heavy (non-hydrogen) atoms. The number of rotatable bonds is 5. The van der Waals surface area contributed by atoms with E-state index in [1.807, 2.05) is 0 Å². The van der Waals surface area contributed by atoms with Gasteiger partial charge in [0.1, 0.15) is 12.7 Å². The van der Waals surface area contributed by atoms with Crippen LogP contribution in [0.2, 0.25) is 5.02 Å². The lowest BCUT2D eigenvalue weighted by Crippen LogP contribution is -2.29. The SMILES string of the molecule is CC(OCC(F)F)C(=O)Nc1ccc(N)cc1Cl. The molecule has 100 valence electrons. The number of halogens is 3. The van der Waals surface area contributed by atoms with Gasteiger partial charge in [0.15, 0.2) is 0 Å². The van der Waals surface area contributed by atoms with E-state index < -0.39 is 25.0 Å². The number of amides is 1. The molecule has 0 spiro atoms. The van der Waals surface area contributed by atoms with E-state index in [2.05, 4.69) is 10.1 Å². The van der Waals surface area contributed by atoms with Gasteiger partial charge >= 0.3 is 0 Å². The maximum Gasteiger partial charge on any atom is 0.261 e. The molecule has 0 fully saturated rings. The molecule has 0 saturated heterocycles. The number of benzene rings is 1. The fourth-order valence-electron chi connectivity index (χ4n) is 1.16. The topological polar surface area (TPSA) is 64.3 Å². The zero-order valence-corrected chi connectivity index (χ0v) is 10.4. The standard InChI is InChI=1S/C11H13ClF2N2O2/c1-6(18-5-10(13)14)11(17)16-9-3-2-7(15)4-8(9)12/h2-4,6,10H,5,15H2,1H3,(H,16,17). The monoisotopic (exact) mass is 278 g/mol. The lowest BCUT2D eigenvalue weighted by molar-refractivity contribution is -0.128. The van der Waals surface area contributed by atoms with Crippen molar-refractivity contribution >= 4 is 28.9 Å². The highest BCUT2D eigenvalue weighted by atomic mass is 35.5. The zero-order chi connectivity index (χ0) is 13.7. The van der Waals surface area contributed by atoms with E-state index in [1.54, 1.807) is 6.07 Å². The highest BCUT2D eigenvalue weighted by molar-refractivity contribution is 6.34. The predicted molar refractivity (Wildman–Crippen MR) is 65.9 cm³/mol. The van der Waals surface area contributed by atoms with Gasteiger partial charge in [0.2, 0.25) is 0 Å². The minimum absolute atomic E-state index is 0.268. The van der Waals surface area contributed by atoms with E-state index >= 15 is 0 Å². The molecule has 0 heterocycles. The molecule has 1 aromatic carbocycles. The molecular weight excluding hydrogens is 266 g/mol. The summed E-state index contributed by atoms with van der Waals surface area (Å²) in [6.07, 6.45) is -3.60. The van der Waals surface area contributed by atoms with Crippen molar-refractivity contribution in [1.29, 1.82) is 0 Å². The summed E-state index contributed by atoms with van der Waals surface area (Å²) in [5.41, 5.74) is 6.30. The zero-order valence-electron chi connectivity index (χ0n) is 9.62. The van der Waals surface area contributed by atoms with E-state index in [4.69, 9.17) is 17.3 Å². The van der Waals surface area contributed by atoms with Gasteiger partial charge < -0.3 is 15.8 Å². The number of ether oxygens (including phenoxy) is 1. The fourth-order valence-corrected chi connectivity index (χ4v) is 1.40. The number of hydrogen-bond acceptors (Lipinski definition) is 3. The smallest absolute Gasteiger partial charge is 0.261 e. The predicted octanol–water partition coefficient (Wildman–Crippen LogP) is 2.53. The van der Waals surface area contributed by atoms with Crippen LogP contribution in [0.1, 0.15) is 6.92 Å². The Hall–Kier alpha value is -1.40. The quantitative estimate of drug-likeness (QED) is 0.814. The molecule has 0 radical (unpaired) electrons. The normalized spacial score (nSPS) is 12.5. The summed E-state index contributed by atoms with van der Waals surface area (Å²) in [6.45, 7) is 0.590. The Balaban J connectivity index is 2.58. The summed E-state index contributed by atoms with van der Waals surface area (Å²) in [6, 6.07) is 4.56. The van der Waals surface area contributed by atoms with Crippen LogP contribution in [0.3, 0.4) is 0 Å². The van der Waals surface area contributed by atoms with Crippen LogP contribution in [0.15, 0.2) is 18.2 Å². The maximum absolute atomic E-state index is 11.9. The first-order chi connectivity index (χ1) is 8.40. The first-order valence-electron chi connectivity index (χ1n) is 5.15. The van der Waals surface area contributed by atoms with Crippen molar-refractivity contribution in [3.05, 3.63) is 23.2 Å². The second kappa shape index (κ2) is 6.51. The van der Waals surface area contributed by atoms with E-state index in [0.717, 1.165) is 0 Å². The van der Waals surface area contributed by atoms with E-state index in [-0.39, 0.29) is 5.02 Å². The van der Waals surface area contributed by atoms with Crippen LogP contribution >= 0.6 is 11.6 Å². The minimum Gasteiger partial charge on any atom is -0.399 e. The van der Waals surface area contributed by atoms with Crippen LogP contribution in [-0.2, 0) is 9.53 Å². The largest absolute Gasteiger partial charge is 0.399 e. The van der Waals surface area contributed by atoms with Crippen LogP contribution in [0.4, 0.5) is 20.2 Å². The van der Waals surface area contributed by atoms with Crippen LogP contribution in [0.25, 0.3) is 0 Å². The number of carbonyl (C=O) groups excluding carboxylic acids is 1. The van der Waals surface area contributed by atoms with Gasteiger partial charge in [-0.1, -0.05) is 11.6 Å². The molecule has 7 heteroatoms. The Labute approximate surface area is 108 Å². The Morgan fingerprint density at radius 3 is 2.78 bits per heavy atom. The van der Waals surface area contributed by atoms with Crippen LogP contribution < -0.4 is 11.1 Å². The molecule has 1 rings (SSSR count). The fraction of sp³-hybridized carbons (Fsp3) is 0.364. The number of alkyl halides is 2. The number of carbonyl (C=O) groups is 1. The molecule has 3 N–H and O–H groups in total. The summed E-state index contributed by atoms with van der Waals surface area (Å²) >= 11 is 5.85. The summed E-state index contributed by atoms with van der Waals surface area (Å²) < 4.78 is 28.5. The molecule has 0 aromatic heterocycles. The Morgan fingerprint density at radius 1 is 1.56 bits per heavy atom. The Bertz CT molecular complexity index is 430. The molecular formula is C11H13ClF2N2O2. The number of anilines is 2. The van der Waals surface area contributed by atoms with E-state index in [9.17, 15) is 13.6 Å². The number of nitrogens with one attached hydrogen (secondary N) is 1. The molecule has 4 nitrogen and oxygen atoms in total. The molecule has 0 bridgehead atoms. The number of hydrogen-bond donors (Lipinski definition) is 2. The lowest BCUT2D eigenvalue weighted by Gasteiger charge is -2.14. The summed E-state index contributed by atoms with van der Waals surface area (Å²) in [5, 5.41) is 2.73. The van der Waals surface area contributed by atoms with Gasteiger partial charge in [-0.15, -0.1) is 0 Å². The van der Waals surface area contributed by atoms with Crippen molar-refractivity contribution in [3.8, 4) is 0 Å². The molecule has 1 aromatic rings. The number of nitrogens with two attached hydrogens (primary N) is 1. The molecule has 0 aliphatic rings. The van der Waals surface area contributed by atoms with Crippen LogP contribution in [0.5, 0.6) is 0 Å². The average molecular weight is 279 g/mol. The van der Waals surface area contributed by atoms with Gasteiger partial charge in [-0.3, -0.25) is 4.79 Å². The van der Waals surface area contributed by atoms with Crippen molar-refractivity contribution in [3.63, 3.8) is 0 Å². The van der Waals surface area contributed by atoms with Crippen LogP contribution in [-0.4, -0.2) is 25.0 Å². The van der Waals surface area contributed by atoms with Gasteiger partial charge in [0, 0.05) is 5.69 Å². The minimum atomic E-state index is -2.61. The van der Waals surface area contributed by atoms with Crippen molar-refractivity contribution in [2.24, 2.45) is 0 Å². The molecule has 1 atom stereocenters. The third-order valence-electron chi connectivity index (χ3n) is 2.09. The summed E-state index contributed by atoms with van der Waals surface area (Å²) in [5.74, 6) is -0.553. The van der Waals surface area contributed by atoms with Crippen molar-refractivity contribution in [1.82, 2.24) is 0 Å². The lowest BCUT2D eigenvalue weighted by atomic mass is 10.2. The molecule has 0 aliphatic carbocycles. The van der Waals surface area contributed by atoms with E-state index in [1.165, 1.54) is 19.1 Å². The highest BCUT2D eigenvalue weighted by Gasteiger charge is 2.16. The third-order valence-corrected chi connectivity index (χ3v) is 2.41. The number of nitrogen functional groups attached to an aromatic ring is 1. The van der Waals surface area contributed by atoms with Gasteiger partial charge in [-0.2, -0.15) is 0 Å². The first-order valence-corrected chi connectivity index (χ1v) is 5.53. The molecule has 1 amide bonds. The first kappa shape index (κ1) is 14.7. The molecule has 0 saturated carbocycles. The molecule has 1 unspecified atom stereocenters. The van der Waals surface area contributed by atoms with E-state index in [0.29, 0.717) is 11.4 Å². The van der Waals surface area contributed by atoms with Gasteiger partial charge in [0.25, 0.3) is 12.3 Å². The Kier molecular flexibility index (Phi) is 5.30. The average Bonchev–Trinajstić information content (AvgIpc) is 2.29. The highest BCUT2D eigenvalue weighted by Crippen LogP contribution is 2.24. The van der Waals surface area contributed by atoms with Crippen molar-refractivity contribution in [2.45, 2.75) is 19.5 Å². The molecule has 0 aliphatic heterocycles. The second-order valence-corrected chi connectivity index (χ2v) is 4.00. The summed E-state index contributed by atoms with van der Waals surface area (Å²) in [7, 11) is 0. The second-order valence-electron chi connectivity index (χ2n) is 3.60. The van der Waals surface area contributed by atoms with Gasteiger partial charge in [-0.25, -0.2) is 8.78 Å². The maximum atomic E-state index is 11.9. The van der Waals surface area contributed by atoms with Crippen molar-refractivity contribution in [2.75, 3.05) is 17.7 Å². The Morgan fingerprint density at radius 2 is 2.22 bits per heavy atom. The van der Waals surface area contributed by atoms with Gasteiger partial charge in [-0.05, 0) is 25.1 Å². The van der Waals surface area contributed by atoms with Gasteiger partial charge in [0.05, 0.1) is 10.7 Å². The third kappa shape index (κ3) is 4.46. The van der Waals surface area contributed by atoms with Crippen molar-refractivity contribution < 1.29 is 18.3 Å². The van der Waals surface area contributed by atoms with Crippen LogP contribution in [0, 0.1) is 0 Å².